The minimum atomic E-state index is -1.01. The Labute approximate surface area is 186 Å². The molecule has 3 rings (SSSR count). The number of phenolic OH excluding ortho intramolecular Hbond substituents is 1. The van der Waals surface area contributed by atoms with Gasteiger partial charge in [0.25, 0.3) is 5.91 Å². The van der Waals surface area contributed by atoms with Crippen LogP contribution < -0.4 is 10.1 Å². The molecule has 0 radical (unpaired) electrons. The van der Waals surface area contributed by atoms with Gasteiger partial charge in [0.1, 0.15) is 23.9 Å². The summed E-state index contributed by atoms with van der Waals surface area (Å²) in [4.78, 5) is 22.8. The van der Waals surface area contributed by atoms with E-state index >= 15 is 0 Å². The van der Waals surface area contributed by atoms with Gasteiger partial charge in [-0.2, -0.15) is 0 Å². The van der Waals surface area contributed by atoms with Gasteiger partial charge in [0, 0.05) is 17.7 Å². The second-order valence-corrected chi connectivity index (χ2v) is 7.28. The van der Waals surface area contributed by atoms with Crippen LogP contribution in [0.25, 0.3) is 0 Å². The molecule has 0 atom stereocenters. The standard InChI is InChI=1S/C22H16Cl2FNO5/c23-16-9-14(26-22(30)20(29)11-27)10-17(24)21(16)31-15-5-6-19(28)13(8-15)7-12-3-1-2-4-18(12)25/h1-6,8-10,27-28H,7,11H2,(H,26,30). The first-order chi connectivity index (χ1) is 14.8. The number of nitrogens with one attached hydrogen (secondary N) is 1. The number of halogens is 3. The summed E-state index contributed by atoms with van der Waals surface area (Å²) in [6.07, 6.45) is 0.140. The molecular formula is C22H16Cl2FNO5. The molecule has 0 fully saturated rings. The molecule has 0 spiro atoms. The van der Waals surface area contributed by atoms with Gasteiger partial charge in [0.2, 0.25) is 5.78 Å². The highest BCUT2D eigenvalue weighted by atomic mass is 35.5. The lowest BCUT2D eigenvalue weighted by Crippen LogP contribution is -2.25. The zero-order chi connectivity index (χ0) is 22.5. The number of hydrogen-bond donors (Lipinski definition) is 3. The number of amides is 1. The molecule has 0 aliphatic carbocycles. The normalized spacial score (nSPS) is 10.6. The molecule has 0 heterocycles. The van der Waals surface area contributed by atoms with Gasteiger partial charge in [-0.15, -0.1) is 0 Å². The number of carbonyl (C=O) groups excluding carboxylic acids is 2. The van der Waals surface area contributed by atoms with Gasteiger partial charge in [-0.1, -0.05) is 41.4 Å². The van der Waals surface area contributed by atoms with E-state index in [1.165, 1.54) is 36.4 Å². The van der Waals surface area contributed by atoms with Crippen LogP contribution in [0.4, 0.5) is 10.1 Å². The first-order valence-electron chi connectivity index (χ1n) is 8.95. The van der Waals surface area contributed by atoms with E-state index in [1.807, 2.05) is 0 Å². The summed E-state index contributed by atoms with van der Waals surface area (Å²) in [6, 6.07) is 13.3. The molecule has 0 aliphatic heterocycles. The highest BCUT2D eigenvalue weighted by Gasteiger charge is 2.17. The van der Waals surface area contributed by atoms with Crippen LogP contribution in [0.2, 0.25) is 10.0 Å². The zero-order valence-corrected chi connectivity index (χ0v) is 17.4. The summed E-state index contributed by atoms with van der Waals surface area (Å²) in [5, 5.41) is 21.2. The zero-order valence-electron chi connectivity index (χ0n) is 15.9. The third-order valence-electron chi connectivity index (χ3n) is 4.26. The maximum atomic E-state index is 13.9. The molecule has 3 aromatic rings. The second-order valence-electron chi connectivity index (χ2n) is 6.47. The maximum Gasteiger partial charge on any atom is 0.294 e. The van der Waals surface area contributed by atoms with Crippen LogP contribution in [0.5, 0.6) is 17.2 Å². The van der Waals surface area contributed by atoms with Crippen molar-refractivity contribution in [1.82, 2.24) is 0 Å². The van der Waals surface area contributed by atoms with Crippen LogP contribution in [-0.2, 0) is 16.0 Å². The molecule has 0 unspecified atom stereocenters. The fraction of sp³-hybridized carbons (Fsp3) is 0.0909. The van der Waals surface area contributed by atoms with Crippen LogP contribution in [0.1, 0.15) is 11.1 Å². The van der Waals surface area contributed by atoms with Crippen molar-refractivity contribution >= 4 is 40.6 Å². The maximum absolute atomic E-state index is 13.9. The quantitative estimate of drug-likeness (QED) is 0.440. The first-order valence-corrected chi connectivity index (χ1v) is 9.71. The third-order valence-corrected chi connectivity index (χ3v) is 4.82. The van der Waals surface area contributed by atoms with Crippen molar-refractivity contribution in [2.75, 3.05) is 11.9 Å². The van der Waals surface area contributed by atoms with Crippen LogP contribution in [0, 0.1) is 5.82 Å². The number of hydrogen-bond acceptors (Lipinski definition) is 5. The summed E-state index contributed by atoms with van der Waals surface area (Å²) < 4.78 is 19.7. The topological polar surface area (TPSA) is 95.9 Å². The Balaban J connectivity index is 1.83. The molecule has 0 saturated carbocycles. The van der Waals surface area contributed by atoms with Crippen molar-refractivity contribution in [3.05, 3.63) is 81.6 Å². The number of rotatable bonds is 7. The Morgan fingerprint density at radius 3 is 2.32 bits per heavy atom. The molecule has 9 heteroatoms. The lowest BCUT2D eigenvalue weighted by Gasteiger charge is -2.14. The van der Waals surface area contributed by atoms with Gasteiger partial charge in [-0.25, -0.2) is 4.39 Å². The fourth-order valence-electron chi connectivity index (χ4n) is 2.73. The van der Waals surface area contributed by atoms with E-state index in [1.54, 1.807) is 18.2 Å². The second kappa shape index (κ2) is 9.78. The lowest BCUT2D eigenvalue weighted by molar-refractivity contribution is -0.136. The molecule has 3 N–H and O–H groups in total. The average molecular weight is 464 g/mol. The SMILES string of the molecule is O=C(CO)C(=O)Nc1cc(Cl)c(Oc2ccc(O)c(Cc3ccccc3F)c2)c(Cl)c1. The molecule has 160 valence electrons. The highest BCUT2D eigenvalue weighted by Crippen LogP contribution is 2.39. The number of Topliss-reactive ketones (excluding diaryl/α,β-unsaturated/α-hetero) is 1. The molecule has 0 aromatic heterocycles. The summed E-state index contributed by atoms with van der Waals surface area (Å²) in [7, 11) is 0. The first kappa shape index (κ1) is 22.6. The average Bonchev–Trinajstić information content (AvgIpc) is 2.73. The Hall–Kier alpha value is -3.13. The van der Waals surface area contributed by atoms with Gasteiger partial charge < -0.3 is 20.3 Å². The minimum absolute atomic E-state index is 0.0283. The number of aliphatic hydroxyl groups is 1. The number of aromatic hydroxyl groups is 1. The molecule has 0 bridgehead atoms. The Kier molecular flexibility index (Phi) is 7.12. The molecule has 0 aliphatic rings. The number of ketones is 1. The summed E-state index contributed by atoms with van der Waals surface area (Å²) in [5.74, 6) is -2.08. The van der Waals surface area contributed by atoms with Gasteiger partial charge in [-0.3, -0.25) is 9.59 Å². The fourth-order valence-corrected chi connectivity index (χ4v) is 3.30. The Morgan fingerprint density at radius 2 is 1.68 bits per heavy atom. The summed E-state index contributed by atoms with van der Waals surface area (Å²) >= 11 is 12.4. The van der Waals surface area contributed by atoms with E-state index in [9.17, 15) is 19.1 Å². The van der Waals surface area contributed by atoms with Crippen molar-refractivity contribution in [1.29, 1.82) is 0 Å². The highest BCUT2D eigenvalue weighted by molar-refractivity contribution is 6.42. The van der Waals surface area contributed by atoms with E-state index in [4.69, 9.17) is 33.0 Å². The van der Waals surface area contributed by atoms with Gasteiger partial charge in [-0.05, 0) is 42.0 Å². The summed E-state index contributed by atoms with van der Waals surface area (Å²) in [6.45, 7) is -0.926. The monoisotopic (exact) mass is 463 g/mol. The lowest BCUT2D eigenvalue weighted by atomic mass is 10.0. The minimum Gasteiger partial charge on any atom is -0.508 e. The number of ether oxygens (including phenoxy) is 1. The van der Waals surface area contributed by atoms with E-state index in [0.717, 1.165) is 0 Å². The van der Waals surface area contributed by atoms with Crippen LogP contribution in [-0.4, -0.2) is 28.5 Å². The largest absolute Gasteiger partial charge is 0.508 e. The van der Waals surface area contributed by atoms with Crippen molar-refractivity contribution in [3.8, 4) is 17.2 Å². The predicted octanol–water partition coefficient (Wildman–Crippen LogP) is 4.72. The van der Waals surface area contributed by atoms with Crippen molar-refractivity contribution in [2.24, 2.45) is 0 Å². The van der Waals surface area contributed by atoms with Gasteiger partial charge in [0.15, 0.2) is 5.75 Å². The van der Waals surface area contributed by atoms with E-state index in [2.05, 4.69) is 5.32 Å². The molecule has 31 heavy (non-hydrogen) atoms. The predicted molar refractivity (Wildman–Crippen MR) is 115 cm³/mol. The van der Waals surface area contributed by atoms with Crippen molar-refractivity contribution in [3.63, 3.8) is 0 Å². The smallest absolute Gasteiger partial charge is 0.294 e. The van der Waals surface area contributed by atoms with Gasteiger partial charge >= 0.3 is 0 Å². The number of aliphatic hydroxyl groups excluding tert-OH is 1. The Morgan fingerprint density at radius 1 is 1.00 bits per heavy atom. The molecular weight excluding hydrogens is 448 g/mol. The third kappa shape index (κ3) is 5.52. The van der Waals surface area contributed by atoms with Crippen LogP contribution in [0.3, 0.4) is 0 Å². The molecule has 0 saturated heterocycles. The number of anilines is 1. The molecule has 1 amide bonds. The van der Waals surface area contributed by atoms with Gasteiger partial charge in [0.05, 0.1) is 10.0 Å². The van der Waals surface area contributed by atoms with E-state index in [0.29, 0.717) is 16.9 Å². The summed E-state index contributed by atoms with van der Waals surface area (Å²) in [5.41, 5.74) is 0.977. The Bertz CT molecular complexity index is 1130. The number of carbonyl (C=O) groups is 2. The van der Waals surface area contributed by atoms with Crippen LogP contribution in [0.15, 0.2) is 54.6 Å². The van der Waals surface area contributed by atoms with Crippen LogP contribution >= 0.6 is 23.2 Å². The van der Waals surface area contributed by atoms with Crippen molar-refractivity contribution in [2.45, 2.75) is 6.42 Å². The van der Waals surface area contributed by atoms with Crippen molar-refractivity contribution < 1.29 is 28.9 Å². The van der Waals surface area contributed by atoms with E-state index in [-0.39, 0.29) is 33.7 Å². The van der Waals surface area contributed by atoms with E-state index < -0.39 is 24.1 Å². The molecule has 6 nitrogen and oxygen atoms in total. The number of benzene rings is 3. The number of phenols is 1. The molecule has 3 aromatic carbocycles.